The molecular formula is C23H30N2O2. The summed E-state index contributed by atoms with van der Waals surface area (Å²) in [6.07, 6.45) is 2.43. The lowest BCUT2D eigenvalue weighted by Crippen LogP contribution is -2.42. The van der Waals surface area contributed by atoms with Crippen LogP contribution in [0.25, 0.3) is 0 Å². The van der Waals surface area contributed by atoms with Gasteiger partial charge in [-0.2, -0.15) is 0 Å². The van der Waals surface area contributed by atoms with Crippen LogP contribution in [-0.4, -0.2) is 24.9 Å². The first-order valence-corrected chi connectivity index (χ1v) is 9.56. The lowest BCUT2D eigenvalue weighted by molar-refractivity contribution is -0.121. The Hall–Kier alpha value is -2.62. The molecule has 0 atom stereocenters. The summed E-state index contributed by atoms with van der Waals surface area (Å²) in [6, 6.07) is 20.0. The van der Waals surface area contributed by atoms with Crippen molar-refractivity contribution in [3.63, 3.8) is 0 Å². The Morgan fingerprint density at radius 2 is 1.07 bits per heavy atom. The number of aryl methyl sites for hydroxylation is 2. The summed E-state index contributed by atoms with van der Waals surface area (Å²) in [5.41, 5.74) is 2.14. The molecule has 144 valence electrons. The fraction of sp³-hybridized carbons (Fsp3) is 0.391. The number of hydrogen-bond acceptors (Lipinski definition) is 2. The van der Waals surface area contributed by atoms with Gasteiger partial charge < -0.3 is 10.6 Å². The van der Waals surface area contributed by atoms with E-state index in [1.54, 1.807) is 0 Å². The molecule has 0 aliphatic carbocycles. The highest BCUT2D eigenvalue weighted by Crippen LogP contribution is 2.12. The molecule has 0 radical (unpaired) electrons. The molecule has 0 saturated heterocycles. The van der Waals surface area contributed by atoms with E-state index in [-0.39, 0.29) is 17.2 Å². The van der Waals surface area contributed by atoms with Crippen molar-refractivity contribution < 1.29 is 9.59 Å². The molecule has 0 aromatic heterocycles. The SMILES string of the molecule is CC(C)(CNC(=O)CCc1ccccc1)CNC(=O)CCc1ccccc1. The number of amides is 2. The molecule has 2 N–H and O–H groups in total. The van der Waals surface area contributed by atoms with E-state index < -0.39 is 0 Å². The number of hydrogen-bond donors (Lipinski definition) is 2. The van der Waals surface area contributed by atoms with Crippen LogP contribution >= 0.6 is 0 Å². The van der Waals surface area contributed by atoms with Crippen molar-refractivity contribution in [3.05, 3.63) is 71.8 Å². The first-order valence-electron chi connectivity index (χ1n) is 9.56. The van der Waals surface area contributed by atoms with Crippen molar-refractivity contribution in [3.8, 4) is 0 Å². The zero-order valence-electron chi connectivity index (χ0n) is 16.3. The van der Waals surface area contributed by atoms with Crippen LogP contribution in [0.2, 0.25) is 0 Å². The monoisotopic (exact) mass is 366 g/mol. The molecule has 0 saturated carbocycles. The topological polar surface area (TPSA) is 58.2 Å². The van der Waals surface area contributed by atoms with Crippen molar-refractivity contribution in [2.45, 2.75) is 39.5 Å². The summed E-state index contributed by atoms with van der Waals surface area (Å²) in [5, 5.41) is 5.97. The predicted molar refractivity (Wildman–Crippen MR) is 109 cm³/mol. The van der Waals surface area contributed by atoms with Gasteiger partial charge >= 0.3 is 0 Å². The largest absolute Gasteiger partial charge is 0.355 e. The molecule has 0 fully saturated rings. The molecule has 2 aromatic carbocycles. The third-order valence-electron chi connectivity index (χ3n) is 4.50. The zero-order valence-corrected chi connectivity index (χ0v) is 16.3. The summed E-state index contributed by atoms with van der Waals surface area (Å²) in [4.78, 5) is 24.1. The highest BCUT2D eigenvalue weighted by atomic mass is 16.2. The maximum absolute atomic E-state index is 12.1. The van der Waals surface area contributed by atoms with Gasteiger partial charge in [-0.05, 0) is 29.4 Å². The molecular weight excluding hydrogens is 336 g/mol. The number of rotatable bonds is 10. The van der Waals surface area contributed by atoms with Gasteiger partial charge in [0.15, 0.2) is 0 Å². The normalized spacial score (nSPS) is 11.0. The van der Waals surface area contributed by atoms with E-state index >= 15 is 0 Å². The Bertz CT molecular complexity index is 650. The van der Waals surface area contributed by atoms with E-state index in [2.05, 4.69) is 10.6 Å². The number of carbonyl (C=O) groups is 2. The third kappa shape index (κ3) is 8.54. The zero-order chi connectivity index (χ0) is 19.5. The second-order valence-electron chi connectivity index (χ2n) is 7.69. The molecule has 27 heavy (non-hydrogen) atoms. The Balaban J connectivity index is 1.63. The first kappa shape index (κ1) is 20.7. The maximum atomic E-state index is 12.1. The second kappa shape index (κ2) is 10.5. The lowest BCUT2D eigenvalue weighted by Gasteiger charge is -2.25. The Kier molecular flexibility index (Phi) is 8.05. The summed E-state index contributed by atoms with van der Waals surface area (Å²) < 4.78 is 0. The molecule has 0 aliphatic heterocycles. The van der Waals surface area contributed by atoms with Crippen LogP contribution < -0.4 is 10.6 Å². The molecule has 0 unspecified atom stereocenters. The van der Waals surface area contributed by atoms with Gasteiger partial charge in [0.2, 0.25) is 11.8 Å². The van der Waals surface area contributed by atoms with E-state index in [9.17, 15) is 9.59 Å². The van der Waals surface area contributed by atoms with Crippen molar-refractivity contribution in [1.29, 1.82) is 0 Å². The quantitative estimate of drug-likeness (QED) is 0.676. The smallest absolute Gasteiger partial charge is 0.220 e. The predicted octanol–water partition coefficient (Wildman–Crippen LogP) is 3.51. The molecule has 2 amide bonds. The summed E-state index contributed by atoms with van der Waals surface area (Å²) in [6.45, 7) is 5.17. The van der Waals surface area contributed by atoms with Crippen LogP contribution in [-0.2, 0) is 22.4 Å². The molecule has 0 aliphatic rings. The summed E-state index contributed by atoms with van der Waals surface area (Å²) >= 11 is 0. The van der Waals surface area contributed by atoms with Gasteiger partial charge in [0, 0.05) is 25.9 Å². The van der Waals surface area contributed by atoms with Crippen molar-refractivity contribution >= 4 is 11.8 Å². The van der Waals surface area contributed by atoms with E-state index in [0.29, 0.717) is 25.9 Å². The van der Waals surface area contributed by atoms with Crippen LogP contribution in [0.15, 0.2) is 60.7 Å². The second-order valence-corrected chi connectivity index (χ2v) is 7.69. The van der Waals surface area contributed by atoms with E-state index in [1.165, 1.54) is 0 Å². The minimum Gasteiger partial charge on any atom is -0.355 e. The van der Waals surface area contributed by atoms with E-state index in [1.807, 2.05) is 74.5 Å². The van der Waals surface area contributed by atoms with Crippen molar-refractivity contribution in [2.24, 2.45) is 5.41 Å². The molecule has 0 spiro atoms. The highest BCUT2D eigenvalue weighted by Gasteiger charge is 2.19. The van der Waals surface area contributed by atoms with Gasteiger partial charge in [-0.1, -0.05) is 74.5 Å². The van der Waals surface area contributed by atoms with E-state index in [0.717, 1.165) is 24.0 Å². The van der Waals surface area contributed by atoms with Crippen LogP contribution in [0.4, 0.5) is 0 Å². The molecule has 2 rings (SSSR count). The fourth-order valence-electron chi connectivity index (χ4n) is 2.72. The average molecular weight is 367 g/mol. The van der Waals surface area contributed by atoms with Crippen molar-refractivity contribution in [2.75, 3.05) is 13.1 Å². The molecule has 4 heteroatoms. The Morgan fingerprint density at radius 3 is 1.44 bits per heavy atom. The molecule has 4 nitrogen and oxygen atoms in total. The van der Waals surface area contributed by atoms with Crippen molar-refractivity contribution in [1.82, 2.24) is 10.6 Å². The standard InChI is InChI=1S/C23H30N2O2/c1-23(2,17-24-21(26)15-13-19-9-5-3-6-10-19)18-25-22(27)16-14-20-11-7-4-8-12-20/h3-12H,13-18H2,1-2H3,(H,24,26)(H,25,27). The first-order chi connectivity index (χ1) is 12.9. The van der Waals surface area contributed by atoms with Crippen LogP contribution in [0.1, 0.15) is 37.8 Å². The maximum Gasteiger partial charge on any atom is 0.220 e. The van der Waals surface area contributed by atoms with E-state index in [4.69, 9.17) is 0 Å². The molecule has 2 aromatic rings. The van der Waals surface area contributed by atoms with Gasteiger partial charge in [-0.3, -0.25) is 9.59 Å². The van der Waals surface area contributed by atoms with Gasteiger partial charge in [-0.15, -0.1) is 0 Å². The third-order valence-corrected chi connectivity index (χ3v) is 4.50. The van der Waals surface area contributed by atoms with Crippen LogP contribution in [0, 0.1) is 5.41 Å². The van der Waals surface area contributed by atoms with Gasteiger partial charge in [0.25, 0.3) is 0 Å². The van der Waals surface area contributed by atoms with Crippen LogP contribution in [0.5, 0.6) is 0 Å². The lowest BCUT2D eigenvalue weighted by atomic mass is 9.93. The average Bonchev–Trinajstić information content (AvgIpc) is 2.69. The van der Waals surface area contributed by atoms with Gasteiger partial charge in [0.05, 0.1) is 0 Å². The van der Waals surface area contributed by atoms with Crippen LogP contribution in [0.3, 0.4) is 0 Å². The Labute approximate surface area is 162 Å². The highest BCUT2D eigenvalue weighted by molar-refractivity contribution is 5.77. The number of nitrogens with one attached hydrogen (secondary N) is 2. The minimum absolute atomic E-state index is 0.0438. The van der Waals surface area contributed by atoms with Gasteiger partial charge in [-0.25, -0.2) is 0 Å². The molecule has 0 bridgehead atoms. The molecule has 0 heterocycles. The number of carbonyl (C=O) groups excluding carboxylic acids is 2. The van der Waals surface area contributed by atoms with Gasteiger partial charge in [0.1, 0.15) is 0 Å². The minimum atomic E-state index is -0.190. The fourth-order valence-corrected chi connectivity index (χ4v) is 2.72. The summed E-state index contributed by atoms with van der Waals surface area (Å²) in [7, 11) is 0. The number of benzene rings is 2. The summed E-state index contributed by atoms with van der Waals surface area (Å²) in [5.74, 6) is 0.0877. The Morgan fingerprint density at radius 1 is 0.704 bits per heavy atom.